The van der Waals surface area contributed by atoms with Crippen LogP contribution in [-0.2, 0) is 17.8 Å². The zero-order chi connectivity index (χ0) is 29.6. The number of hydrogen-bond acceptors (Lipinski definition) is 6. The van der Waals surface area contributed by atoms with E-state index in [0.717, 1.165) is 25.0 Å². The number of hydrogen-bond donors (Lipinski definition) is 0. The van der Waals surface area contributed by atoms with Crippen LogP contribution in [0.3, 0.4) is 0 Å². The summed E-state index contributed by atoms with van der Waals surface area (Å²) in [6.07, 6.45) is -7.85. The Kier molecular flexibility index (Phi) is 7.12. The Morgan fingerprint density at radius 1 is 0.707 bits per heavy atom. The Morgan fingerprint density at radius 3 is 1.88 bits per heavy atom. The second-order valence-electron chi connectivity index (χ2n) is 10.6. The van der Waals surface area contributed by atoms with Gasteiger partial charge in [0.2, 0.25) is 11.8 Å². The first-order chi connectivity index (χ1) is 19.1. The van der Waals surface area contributed by atoms with E-state index in [2.05, 4.69) is 26.0 Å². The van der Waals surface area contributed by atoms with E-state index >= 15 is 0 Å². The molecule has 41 heavy (non-hydrogen) atoms. The number of ether oxygens (including phenoxy) is 2. The molecule has 4 aromatic rings. The van der Waals surface area contributed by atoms with Gasteiger partial charge in [0.05, 0.1) is 0 Å². The Bertz CT molecular complexity index is 1530. The van der Waals surface area contributed by atoms with Crippen LogP contribution in [0.4, 0.5) is 26.3 Å². The fourth-order valence-electron chi connectivity index (χ4n) is 3.74. The maximum absolute atomic E-state index is 13.4. The largest absolute Gasteiger partial charge is 0.439 e. The maximum Gasteiger partial charge on any atom is 0.433 e. The minimum Gasteiger partial charge on any atom is -0.439 e. The third kappa shape index (κ3) is 6.93. The van der Waals surface area contributed by atoms with Gasteiger partial charge in [0.1, 0.15) is 23.1 Å². The molecule has 0 atom stereocenters. The van der Waals surface area contributed by atoms with Crippen LogP contribution < -0.4 is 9.47 Å². The van der Waals surface area contributed by atoms with Gasteiger partial charge in [0.25, 0.3) is 0 Å². The summed E-state index contributed by atoms with van der Waals surface area (Å²) in [5.41, 5.74) is -1.73. The third-order valence-corrected chi connectivity index (χ3v) is 6.00. The molecule has 6 nitrogen and oxygen atoms in total. The smallest absolute Gasteiger partial charge is 0.433 e. The molecule has 12 heteroatoms. The number of halogens is 6. The molecule has 1 aliphatic carbocycles. The first-order valence-electron chi connectivity index (χ1n) is 12.6. The van der Waals surface area contributed by atoms with E-state index in [1.165, 1.54) is 6.07 Å². The summed E-state index contributed by atoms with van der Waals surface area (Å²) >= 11 is 0. The van der Waals surface area contributed by atoms with Crippen molar-refractivity contribution in [1.82, 2.24) is 19.9 Å². The average Bonchev–Trinajstić information content (AvgIpc) is 3.73. The lowest BCUT2D eigenvalue weighted by molar-refractivity contribution is -0.142. The molecule has 0 N–H and O–H groups in total. The van der Waals surface area contributed by atoms with Crippen LogP contribution >= 0.6 is 0 Å². The second kappa shape index (κ2) is 10.3. The molecule has 2 aromatic heterocycles. The first kappa shape index (κ1) is 28.3. The van der Waals surface area contributed by atoms with E-state index in [9.17, 15) is 26.3 Å². The van der Waals surface area contributed by atoms with E-state index in [1.54, 1.807) is 57.2 Å². The molecule has 1 aliphatic rings. The van der Waals surface area contributed by atoms with Crippen molar-refractivity contribution in [3.05, 3.63) is 83.7 Å². The van der Waals surface area contributed by atoms with Crippen molar-refractivity contribution < 1.29 is 35.8 Å². The minimum atomic E-state index is -4.68. The van der Waals surface area contributed by atoms with E-state index < -0.39 is 29.2 Å². The predicted molar refractivity (Wildman–Crippen MR) is 136 cm³/mol. The molecule has 2 aromatic carbocycles. The Balaban J connectivity index is 1.36. The highest BCUT2D eigenvalue weighted by Gasteiger charge is 2.37. The summed E-state index contributed by atoms with van der Waals surface area (Å²) in [5, 5.41) is 0. The second-order valence-corrected chi connectivity index (χ2v) is 10.6. The van der Waals surface area contributed by atoms with Gasteiger partial charge in [-0.05, 0) is 54.3 Å². The topological polar surface area (TPSA) is 70.0 Å². The van der Waals surface area contributed by atoms with Gasteiger partial charge in [-0.2, -0.15) is 36.3 Å². The third-order valence-electron chi connectivity index (χ3n) is 6.00. The van der Waals surface area contributed by atoms with Crippen molar-refractivity contribution in [3.8, 4) is 34.4 Å². The van der Waals surface area contributed by atoms with Gasteiger partial charge >= 0.3 is 12.4 Å². The van der Waals surface area contributed by atoms with Crippen LogP contribution in [0.1, 0.15) is 62.6 Å². The van der Waals surface area contributed by atoms with Crippen molar-refractivity contribution in [3.63, 3.8) is 0 Å². The summed E-state index contributed by atoms with van der Waals surface area (Å²) in [4.78, 5) is 15.6. The molecule has 0 unspecified atom stereocenters. The Morgan fingerprint density at radius 2 is 1.29 bits per heavy atom. The van der Waals surface area contributed by atoms with Crippen molar-refractivity contribution >= 4 is 0 Å². The van der Waals surface area contributed by atoms with Crippen molar-refractivity contribution in [1.29, 1.82) is 0 Å². The fourth-order valence-corrected chi connectivity index (χ4v) is 3.74. The van der Waals surface area contributed by atoms with Gasteiger partial charge < -0.3 is 9.47 Å². The van der Waals surface area contributed by atoms with E-state index in [-0.39, 0.29) is 40.8 Å². The number of alkyl halides is 6. The normalized spacial score (nSPS) is 14.2. The zero-order valence-electron chi connectivity index (χ0n) is 22.1. The molecule has 1 fully saturated rings. The molecule has 1 saturated carbocycles. The van der Waals surface area contributed by atoms with Crippen LogP contribution in [0, 0.1) is 6.07 Å². The zero-order valence-corrected chi connectivity index (χ0v) is 22.1. The lowest BCUT2D eigenvalue weighted by atomic mass is 9.95. The molecule has 0 amide bonds. The monoisotopic (exact) mass is 573 g/mol. The van der Waals surface area contributed by atoms with Gasteiger partial charge in [-0.1, -0.05) is 39.0 Å². The molecule has 1 radical (unpaired) electrons. The van der Waals surface area contributed by atoms with E-state index in [1.807, 2.05) is 0 Å². The molecule has 0 saturated heterocycles. The van der Waals surface area contributed by atoms with E-state index in [0.29, 0.717) is 11.1 Å². The van der Waals surface area contributed by atoms with Gasteiger partial charge in [-0.3, -0.25) is 0 Å². The molecule has 2 heterocycles. The summed E-state index contributed by atoms with van der Waals surface area (Å²) in [6, 6.07) is 15.6. The van der Waals surface area contributed by atoms with Gasteiger partial charge in [-0.15, -0.1) is 0 Å². The standard InChI is InChI=1S/C29H23F6N4O2/c1-27(2,3)26-37-22(29(33,34)35)15-24(39-26)41-20-6-4-5-18(13-20)16-9-11-19(12-10-16)40-23-14-21(28(30,31)32)36-25(38-23)17-7-8-17/h4,6,9-15,17H,7-8H2,1-3H3. The lowest BCUT2D eigenvalue weighted by Crippen LogP contribution is -2.20. The van der Waals surface area contributed by atoms with E-state index in [4.69, 9.17) is 9.47 Å². The van der Waals surface area contributed by atoms with Crippen LogP contribution in [0.15, 0.2) is 54.6 Å². The molecular weight excluding hydrogens is 550 g/mol. The summed E-state index contributed by atoms with van der Waals surface area (Å²) < 4.78 is 91.6. The molecule has 0 spiro atoms. The van der Waals surface area contributed by atoms with Crippen molar-refractivity contribution in [2.24, 2.45) is 0 Å². The molecule has 5 rings (SSSR count). The van der Waals surface area contributed by atoms with Crippen molar-refractivity contribution in [2.75, 3.05) is 0 Å². The molecule has 213 valence electrons. The average molecular weight is 574 g/mol. The number of rotatable bonds is 6. The van der Waals surface area contributed by atoms with Crippen LogP contribution in [0.5, 0.6) is 23.3 Å². The summed E-state index contributed by atoms with van der Waals surface area (Å²) in [6.45, 7) is 5.09. The highest BCUT2D eigenvalue weighted by Crippen LogP contribution is 2.41. The highest BCUT2D eigenvalue weighted by molar-refractivity contribution is 5.65. The molecule has 0 aliphatic heterocycles. The summed E-state index contributed by atoms with van der Waals surface area (Å²) in [5.74, 6) is 0.00141. The van der Waals surface area contributed by atoms with Crippen molar-refractivity contribution in [2.45, 2.75) is 57.3 Å². The van der Waals surface area contributed by atoms with Gasteiger partial charge in [-0.25, -0.2) is 9.97 Å². The van der Waals surface area contributed by atoms with Crippen LogP contribution in [0.2, 0.25) is 0 Å². The van der Waals surface area contributed by atoms with Gasteiger partial charge in [0, 0.05) is 23.5 Å². The predicted octanol–water partition coefficient (Wildman–Crippen LogP) is 8.53. The summed E-state index contributed by atoms with van der Waals surface area (Å²) in [7, 11) is 0. The first-order valence-corrected chi connectivity index (χ1v) is 12.6. The van der Waals surface area contributed by atoms with Crippen LogP contribution in [0.25, 0.3) is 11.1 Å². The van der Waals surface area contributed by atoms with Crippen LogP contribution in [-0.4, -0.2) is 19.9 Å². The van der Waals surface area contributed by atoms with Gasteiger partial charge in [0.15, 0.2) is 11.4 Å². The molecule has 0 bridgehead atoms. The minimum absolute atomic E-state index is 0.0177. The molecular formula is C29H23F6N4O2. The lowest BCUT2D eigenvalue weighted by Gasteiger charge is -2.19. The number of aromatic nitrogens is 4. The quantitative estimate of drug-likeness (QED) is 0.215. The Hall–Kier alpha value is -4.22. The number of benzene rings is 2. The highest BCUT2D eigenvalue weighted by atomic mass is 19.4. The fraction of sp³-hybridized carbons (Fsp3) is 0.310. The maximum atomic E-state index is 13.4. The number of nitrogens with zero attached hydrogens (tertiary/aromatic N) is 4. The Labute approximate surface area is 231 Å². The SMILES string of the molecule is CC(C)(C)c1nc(Oc2cc[c]c(-c3ccc(Oc4cc(C(F)(F)F)nc(C5CC5)n4)cc3)c2)cc(C(F)(F)F)n1.